The summed E-state index contributed by atoms with van der Waals surface area (Å²) in [7, 11) is 0. The fraction of sp³-hybridized carbons (Fsp3) is 0.500. The maximum Gasteiger partial charge on any atom is 0.573 e. The van der Waals surface area contributed by atoms with E-state index in [-0.39, 0.29) is 30.2 Å². The van der Waals surface area contributed by atoms with E-state index in [1.165, 1.54) is 10.6 Å². The van der Waals surface area contributed by atoms with E-state index in [1.807, 2.05) is 20.8 Å². The first-order chi connectivity index (χ1) is 16.4. The molecule has 9 nitrogen and oxygen atoms in total. The fourth-order valence-electron chi connectivity index (χ4n) is 3.91. The Hall–Kier alpha value is -3.35. The van der Waals surface area contributed by atoms with E-state index in [9.17, 15) is 18.0 Å². The van der Waals surface area contributed by atoms with Crippen molar-refractivity contribution in [2.24, 2.45) is 0 Å². The molecular formula is C22H26F4N6O3. The molecule has 13 heteroatoms. The third-order valence-electron chi connectivity index (χ3n) is 5.64. The number of anilines is 1. The van der Waals surface area contributed by atoms with Gasteiger partial charge >= 0.3 is 12.1 Å². The first-order valence-electron chi connectivity index (χ1n) is 11.1. The molecule has 3 heterocycles. The Morgan fingerprint density at radius 3 is 2.66 bits per heavy atom. The summed E-state index contributed by atoms with van der Waals surface area (Å²) in [5.74, 6) is -2.12. The topological polar surface area (TPSA) is 79.3 Å². The predicted octanol–water partition coefficient (Wildman–Crippen LogP) is 3.43. The van der Waals surface area contributed by atoms with E-state index in [2.05, 4.69) is 14.9 Å². The monoisotopic (exact) mass is 498 g/mol. The summed E-state index contributed by atoms with van der Waals surface area (Å²) in [4.78, 5) is 14.9. The molecular weight excluding hydrogens is 472 g/mol. The quantitative estimate of drug-likeness (QED) is 0.485. The molecule has 0 spiro atoms. The van der Waals surface area contributed by atoms with Crippen LogP contribution >= 0.6 is 0 Å². The number of ether oxygens (including phenoxy) is 2. The van der Waals surface area contributed by atoms with Crippen molar-refractivity contribution in [1.29, 1.82) is 0 Å². The third-order valence-corrected chi connectivity index (χ3v) is 5.64. The number of aryl methyl sites for hydroxylation is 1. The minimum Gasteiger partial charge on any atom is -0.402 e. The van der Waals surface area contributed by atoms with Gasteiger partial charge in [0.15, 0.2) is 11.6 Å². The smallest absolute Gasteiger partial charge is 0.402 e. The molecule has 0 amide bonds. The summed E-state index contributed by atoms with van der Waals surface area (Å²) >= 11 is 0. The SMILES string of the molecule is Cc1nn(-c2cc(N3CCO[C@H](C)C3)cc(OC(F)(F)F)c2F)c(=O)n1Cc1cnn(C(C)C)c1. The van der Waals surface area contributed by atoms with Gasteiger partial charge in [-0.1, -0.05) is 0 Å². The lowest BCUT2D eigenvalue weighted by Gasteiger charge is -2.33. The Morgan fingerprint density at radius 2 is 2.03 bits per heavy atom. The van der Waals surface area contributed by atoms with Crippen molar-refractivity contribution in [1.82, 2.24) is 24.1 Å². The highest BCUT2D eigenvalue weighted by Crippen LogP contribution is 2.34. The Bertz CT molecular complexity index is 1260. The number of benzene rings is 1. The van der Waals surface area contributed by atoms with E-state index in [4.69, 9.17) is 4.74 Å². The zero-order valence-electron chi connectivity index (χ0n) is 19.7. The van der Waals surface area contributed by atoms with Crippen LogP contribution in [0.1, 0.15) is 38.2 Å². The van der Waals surface area contributed by atoms with Crippen molar-refractivity contribution in [3.05, 3.63) is 52.2 Å². The Labute approximate surface area is 198 Å². The Morgan fingerprint density at radius 1 is 1.29 bits per heavy atom. The highest BCUT2D eigenvalue weighted by atomic mass is 19.4. The van der Waals surface area contributed by atoms with Gasteiger partial charge in [0.05, 0.1) is 25.5 Å². The van der Waals surface area contributed by atoms with Crippen LogP contribution in [-0.2, 0) is 11.3 Å². The number of hydrogen-bond donors (Lipinski definition) is 0. The summed E-state index contributed by atoms with van der Waals surface area (Å²) in [5.41, 5.74) is -0.163. The number of nitrogens with zero attached hydrogens (tertiary/aromatic N) is 6. The number of hydrogen-bond acceptors (Lipinski definition) is 6. The molecule has 0 saturated carbocycles. The molecule has 2 aromatic heterocycles. The van der Waals surface area contributed by atoms with Gasteiger partial charge in [-0.3, -0.25) is 9.25 Å². The number of halogens is 4. The standard InChI is InChI=1S/C22H26F4N6O3/c1-13(2)31-12-16(9-27-31)11-30-15(4)28-32(21(30)33)18-7-17(29-5-6-34-14(3)10-29)8-19(20(18)23)35-22(24,25)26/h7-9,12-14H,5-6,10-11H2,1-4H3/t14-/m1/s1. The second kappa shape index (κ2) is 9.36. The number of aromatic nitrogens is 5. The van der Waals surface area contributed by atoms with Gasteiger partial charge in [0.1, 0.15) is 11.5 Å². The average molecular weight is 498 g/mol. The Kier molecular flexibility index (Phi) is 6.62. The molecule has 1 aliphatic rings. The van der Waals surface area contributed by atoms with E-state index in [0.29, 0.717) is 19.7 Å². The lowest BCUT2D eigenvalue weighted by molar-refractivity contribution is -0.275. The van der Waals surface area contributed by atoms with Crippen LogP contribution in [0.5, 0.6) is 5.75 Å². The highest BCUT2D eigenvalue weighted by molar-refractivity contribution is 5.59. The van der Waals surface area contributed by atoms with E-state index in [1.54, 1.807) is 28.9 Å². The molecule has 1 atom stereocenters. The van der Waals surface area contributed by atoms with E-state index < -0.39 is 29.3 Å². The van der Waals surface area contributed by atoms with Crippen LogP contribution in [0.25, 0.3) is 5.69 Å². The maximum absolute atomic E-state index is 15.3. The molecule has 1 aromatic carbocycles. The molecule has 0 N–H and O–H groups in total. The molecule has 1 aliphatic heterocycles. The first-order valence-corrected chi connectivity index (χ1v) is 11.1. The van der Waals surface area contributed by atoms with Crippen LogP contribution < -0.4 is 15.3 Å². The van der Waals surface area contributed by atoms with Crippen molar-refractivity contribution < 1.29 is 27.0 Å². The van der Waals surface area contributed by atoms with Crippen LogP contribution in [0.4, 0.5) is 23.2 Å². The van der Waals surface area contributed by atoms with E-state index in [0.717, 1.165) is 16.3 Å². The molecule has 35 heavy (non-hydrogen) atoms. The van der Waals surface area contributed by atoms with Crippen molar-refractivity contribution in [2.75, 3.05) is 24.6 Å². The predicted molar refractivity (Wildman–Crippen MR) is 119 cm³/mol. The van der Waals surface area contributed by atoms with Crippen molar-refractivity contribution in [2.45, 2.75) is 52.7 Å². The van der Waals surface area contributed by atoms with Crippen LogP contribution in [-0.4, -0.2) is 56.3 Å². The van der Waals surface area contributed by atoms with Crippen LogP contribution in [0.3, 0.4) is 0 Å². The molecule has 0 unspecified atom stereocenters. The van der Waals surface area contributed by atoms with Crippen molar-refractivity contribution in [3.8, 4) is 11.4 Å². The fourth-order valence-corrected chi connectivity index (χ4v) is 3.91. The molecule has 1 fully saturated rings. The van der Waals surface area contributed by atoms with Crippen LogP contribution in [0.15, 0.2) is 29.3 Å². The van der Waals surface area contributed by atoms with Gasteiger partial charge in [0.2, 0.25) is 0 Å². The molecule has 0 bridgehead atoms. The molecule has 1 saturated heterocycles. The maximum atomic E-state index is 15.3. The number of rotatable bonds is 6. The molecule has 0 radical (unpaired) electrons. The first kappa shape index (κ1) is 24.8. The summed E-state index contributed by atoms with van der Waals surface area (Å²) in [6, 6.07) is 2.39. The van der Waals surface area contributed by atoms with Crippen molar-refractivity contribution in [3.63, 3.8) is 0 Å². The summed E-state index contributed by atoms with van der Waals surface area (Å²) in [6.07, 6.45) is -1.91. The van der Waals surface area contributed by atoms with Gasteiger partial charge in [0, 0.05) is 42.6 Å². The summed E-state index contributed by atoms with van der Waals surface area (Å²) in [6.45, 7) is 8.51. The van der Waals surface area contributed by atoms with Gasteiger partial charge in [-0.15, -0.1) is 13.2 Å². The molecule has 0 aliphatic carbocycles. The largest absolute Gasteiger partial charge is 0.573 e. The summed E-state index contributed by atoms with van der Waals surface area (Å²) in [5, 5.41) is 8.38. The zero-order chi connectivity index (χ0) is 25.5. The number of morpholine rings is 1. The van der Waals surface area contributed by atoms with Gasteiger partial charge < -0.3 is 14.4 Å². The van der Waals surface area contributed by atoms with Gasteiger partial charge in [-0.25, -0.2) is 9.18 Å². The van der Waals surface area contributed by atoms with Crippen LogP contribution in [0, 0.1) is 12.7 Å². The number of alkyl halides is 3. The summed E-state index contributed by atoms with van der Waals surface area (Å²) < 4.78 is 67.6. The molecule has 4 rings (SSSR count). The molecule has 3 aromatic rings. The van der Waals surface area contributed by atoms with Crippen LogP contribution in [0.2, 0.25) is 0 Å². The van der Waals surface area contributed by atoms with Gasteiger partial charge in [-0.05, 0) is 33.8 Å². The lowest BCUT2D eigenvalue weighted by atomic mass is 10.2. The van der Waals surface area contributed by atoms with Gasteiger partial charge in [0.25, 0.3) is 0 Å². The zero-order valence-corrected chi connectivity index (χ0v) is 19.7. The minimum atomic E-state index is -5.12. The van der Waals surface area contributed by atoms with Gasteiger partial charge in [-0.2, -0.15) is 14.9 Å². The normalized spacial score (nSPS) is 16.8. The second-order valence-electron chi connectivity index (χ2n) is 8.70. The highest BCUT2D eigenvalue weighted by Gasteiger charge is 2.34. The lowest BCUT2D eigenvalue weighted by Crippen LogP contribution is -2.41. The average Bonchev–Trinajstić information content (AvgIpc) is 3.35. The third kappa shape index (κ3) is 5.34. The van der Waals surface area contributed by atoms with E-state index >= 15 is 4.39 Å². The second-order valence-corrected chi connectivity index (χ2v) is 8.70. The minimum absolute atomic E-state index is 0.117. The van der Waals surface area contributed by atoms with Crippen molar-refractivity contribution >= 4 is 5.69 Å². The molecule has 190 valence electrons. The Balaban J connectivity index is 1.77.